The molecule has 2 N–H and O–H groups in total. The van der Waals surface area contributed by atoms with E-state index >= 15 is 0 Å². The van der Waals surface area contributed by atoms with E-state index in [1.165, 1.54) is 0 Å². The Morgan fingerprint density at radius 2 is 2.22 bits per heavy atom. The molecule has 0 aromatic rings. The lowest BCUT2D eigenvalue weighted by Crippen LogP contribution is -2.32. The molecule has 0 aliphatic heterocycles. The van der Waals surface area contributed by atoms with Gasteiger partial charge in [-0.3, -0.25) is 4.55 Å². The van der Waals surface area contributed by atoms with Gasteiger partial charge < -0.3 is 0 Å². The molecular formula is C3H8INO3S. The molecule has 0 fully saturated rings. The van der Waals surface area contributed by atoms with Gasteiger partial charge in [0.05, 0.1) is 0 Å². The minimum absolute atomic E-state index is 0.208. The highest BCUT2D eigenvalue weighted by Gasteiger charge is 2.07. The van der Waals surface area contributed by atoms with Crippen molar-refractivity contribution in [2.45, 2.75) is 13.0 Å². The molecule has 0 amide bonds. The molecule has 0 spiro atoms. The molecule has 0 bridgehead atoms. The third-order valence-corrected chi connectivity index (χ3v) is 2.60. The summed E-state index contributed by atoms with van der Waals surface area (Å²) in [5.41, 5.74) is 0. The number of hydrogen-bond acceptors (Lipinski definition) is 2. The molecule has 0 aliphatic rings. The van der Waals surface area contributed by atoms with Crippen LogP contribution in [0.2, 0.25) is 0 Å². The molecule has 0 aromatic carbocycles. The molecule has 4 nitrogen and oxygen atoms in total. The van der Waals surface area contributed by atoms with E-state index in [2.05, 4.69) is 0 Å². The van der Waals surface area contributed by atoms with Gasteiger partial charge in [0.1, 0.15) is 0 Å². The molecule has 0 heterocycles. The van der Waals surface area contributed by atoms with Crippen LogP contribution in [0.4, 0.5) is 0 Å². The zero-order valence-corrected chi connectivity index (χ0v) is 7.81. The van der Waals surface area contributed by atoms with Crippen LogP contribution in [0.1, 0.15) is 6.92 Å². The minimum atomic E-state index is -3.99. The maximum absolute atomic E-state index is 10.0. The van der Waals surface area contributed by atoms with Crippen molar-refractivity contribution in [1.29, 1.82) is 0 Å². The van der Waals surface area contributed by atoms with Crippen LogP contribution in [0.3, 0.4) is 0 Å². The van der Waals surface area contributed by atoms with E-state index in [0.29, 0.717) is 4.43 Å². The Morgan fingerprint density at radius 3 is 2.33 bits per heavy atom. The fourth-order valence-corrected chi connectivity index (χ4v) is 1.40. The van der Waals surface area contributed by atoms with Crippen molar-refractivity contribution in [3.8, 4) is 0 Å². The Kier molecular flexibility index (Phi) is 3.94. The van der Waals surface area contributed by atoms with Gasteiger partial charge in [-0.25, -0.2) is 0 Å². The van der Waals surface area contributed by atoms with E-state index in [4.69, 9.17) is 4.55 Å². The zero-order chi connectivity index (χ0) is 7.49. The first-order valence-electron chi connectivity index (χ1n) is 2.26. The van der Waals surface area contributed by atoms with Crippen molar-refractivity contribution in [3.63, 3.8) is 0 Å². The lowest BCUT2D eigenvalue weighted by Gasteiger charge is -2.04. The second kappa shape index (κ2) is 3.69. The van der Waals surface area contributed by atoms with Gasteiger partial charge in [-0.2, -0.15) is 13.1 Å². The average Bonchev–Trinajstić information content (AvgIpc) is 1.62. The molecule has 0 saturated heterocycles. The van der Waals surface area contributed by atoms with Crippen molar-refractivity contribution in [1.82, 2.24) is 4.72 Å². The summed E-state index contributed by atoms with van der Waals surface area (Å²) in [6.07, 6.45) is 0. The van der Waals surface area contributed by atoms with Gasteiger partial charge in [0.15, 0.2) is 0 Å². The van der Waals surface area contributed by atoms with Crippen LogP contribution in [0.25, 0.3) is 0 Å². The summed E-state index contributed by atoms with van der Waals surface area (Å²) in [5.74, 6) is 0. The summed E-state index contributed by atoms with van der Waals surface area (Å²) < 4.78 is 30.9. The Balaban J connectivity index is 3.75. The van der Waals surface area contributed by atoms with E-state index < -0.39 is 10.3 Å². The fraction of sp³-hybridized carbons (Fsp3) is 1.00. The maximum atomic E-state index is 10.0. The Hall–Kier alpha value is 0.600. The summed E-state index contributed by atoms with van der Waals surface area (Å²) >= 11 is 2.02. The lowest BCUT2D eigenvalue weighted by molar-refractivity contribution is 0.461. The highest BCUT2D eigenvalue weighted by Crippen LogP contribution is 1.90. The summed E-state index contributed by atoms with van der Waals surface area (Å²) in [5, 5.41) is 0. The molecule has 0 aliphatic carbocycles. The summed E-state index contributed by atoms with van der Waals surface area (Å²) in [6.45, 7) is 1.67. The Morgan fingerprint density at radius 1 is 1.78 bits per heavy atom. The van der Waals surface area contributed by atoms with E-state index in [9.17, 15) is 8.42 Å². The first-order chi connectivity index (χ1) is 3.95. The van der Waals surface area contributed by atoms with Crippen molar-refractivity contribution < 1.29 is 13.0 Å². The van der Waals surface area contributed by atoms with E-state index in [1.807, 2.05) is 27.3 Å². The standard InChI is InChI=1S/C3H8INO3S/c1-3(2-4)5-9(6,7)8/h3,5H,2H2,1H3,(H,6,7,8). The van der Waals surface area contributed by atoms with Crippen LogP contribution >= 0.6 is 22.6 Å². The van der Waals surface area contributed by atoms with Gasteiger partial charge >= 0.3 is 10.3 Å². The quantitative estimate of drug-likeness (QED) is 0.435. The van der Waals surface area contributed by atoms with Gasteiger partial charge in [-0.15, -0.1) is 0 Å². The van der Waals surface area contributed by atoms with Crippen LogP contribution in [0.5, 0.6) is 0 Å². The lowest BCUT2D eigenvalue weighted by atomic mass is 10.4. The minimum Gasteiger partial charge on any atom is -0.273 e. The molecule has 0 rings (SSSR count). The number of hydrogen-bond donors (Lipinski definition) is 2. The van der Waals surface area contributed by atoms with Crippen LogP contribution in [0.15, 0.2) is 0 Å². The van der Waals surface area contributed by atoms with Crippen molar-refractivity contribution in [2.24, 2.45) is 0 Å². The number of nitrogens with one attached hydrogen (secondary N) is 1. The molecule has 1 atom stereocenters. The van der Waals surface area contributed by atoms with Gasteiger partial charge in [-0.05, 0) is 6.92 Å². The smallest absolute Gasteiger partial charge is 0.273 e. The van der Waals surface area contributed by atoms with Crippen LogP contribution in [-0.4, -0.2) is 23.4 Å². The van der Waals surface area contributed by atoms with Gasteiger partial charge in [0.25, 0.3) is 0 Å². The van der Waals surface area contributed by atoms with Crippen molar-refractivity contribution in [2.75, 3.05) is 4.43 Å². The normalized spacial score (nSPS) is 15.4. The summed E-state index contributed by atoms with van der Waals surface area (Å²) in [6, 6.07) is -0.208. The van der Waals surface area contributed by atoms with Gasteiger partial charge in [-0.1, -0.05) is 22.6 Å². The van der Waals surface area contributed by atoms with Gasteiger partial charge in [0, 0.05) is 10.5 Å². The number of alkyl halides is 1. The first-order valence-corrected chi connectivity index (χ1v) is 5.23. The molecule has 0 radical (unpaired) electrons. The molecule has 9 heavy (non-hydrogen) atoms. The van der Waals surface area contributed by atoms with Gasteiger partial charge in [0.2, 0.25) is 0 Å². The first kappa shape index (κ1) is 9.60. The molecule has 0 saturated carbocycles. The van der Waals surface area contributed by atoms with Crippen LogP contribution in [-0.2, 0) is 10.3 Å². The largest absolute Gasteiger partial charge is 0.333 e. The monoisotopic (exact) mass is 265 g/mol. The molecule has 1 unspecified atom stereocenters. The average molecular weight is 265 g/mol. The second-order valence-corrected chi connectivity index (χ2v) is 3.71. The van der Waals surface area contributed by atoms with E-state index in [0.717, 1.165) is 0 Å². The topological polar surface area (TPSA) is 66.4 Å². The number of halogens is 1. The fourth-order valence-electron chi connectivity index (χ4n) is 0.286. The van der Waals surface area contributed by atoms with E-state index in [-0.39, 0.29) is 6.04 Å². The third-order valence-electron chi connectivity index (χ3n) is 0.582. The summed E-state index contributed by atoms with van der Waals surface area (Å²) in [4.78, 5) is 0. The van der Waals surface area contributed by atoms with Crippen LogP contribution in [0, 0.1) is 0 Å². The van der Waals surface area contributed by atoms with Crippen molar-refractivity contribution in [3.05, 3.63) is 0 Å². The highest BCUT2D eigenvalue weighted by atomic mass is 127. The third kappa shape index (κ3) is 6.49. The predicted octanol–water partition coefficient (Wildman–Crippen LogP) is 0.202. The molecular weight excluding hydrogens is 257 g/mol. The Labute approximate surface area is 68.0 Å². The maximum Gasteiger partial charge on any atom is 0.333 e. The molecule has 56 valence electrons. The SMILES string of the molecule is CC(CI)NS(=O)(=O)O. The van der Waals surface area contributed by atoms with Crippen molar-refractivity contribution >= 4 is 32.9 Å². The second-order valence-electron chi connectivity index (χ2n) is 1.65. The van der Waals surface area contributed by atoms with Crippen LogP contribution < -0.4 is 4.72 Å². The predicted molar refractivity (Wildman–Crippen MR) is 43.0 cm³/mol. The Bertz CT molecular complexity index is 166. The molecule has 0 aromatic heterocycles. The summed E-state index contributed by atoms with van der Waals surface area (Å²) in [7, 11) is -3.99. The number of rotatable bonds is 3. The molecule has 6 heteroatoms. The highest BCUT2D eigenvalue weighted by molar-refractivity contribution is 14.1. The zero-order valence-electron chi connectivity index (χ0n) is 4.83. The van der Waals surface area contributed by atoms with E-state index in [1.54, 1.807) is 6.92 Å².